The largest absolute Gasteiger partial charge is 0.477 e. The fourth-order valence-corrected chi connectivity index (χ4v) is 2.11. The summed E-state index contributed by atoms with van der Waals surface area (Å²) < 4.78 is 5.45. The molecule has 1 aromatic carbocycles. The first-order chi connectivity index (χ1) is 8.60. The summed E-state index contributed by atoms with van der Waals surface area (Å²) in [6, 6.07) is 8.02. The number of thiophene rings is 1. The lowest BCUT2D eigenvalue weighted by molar-refractivity contribution is 0.0702. The highest BCUT2D eigenvalue weighted by atomic mass is 35.5. The number of ether oxygens (including phenoxy) is 1. The summed E-state index contributed by atoms with van der Waals surface area (Å²) in [6.07, 6.45) is 0. The molecule has 0 aliphatic carbocycles. The van der Waals surface area contributed by atoms with Crippen LogP contribution in [-0.4, -0.2) is 11.1 Å². The maximum atomic E-state index is 10.7. The van der Waals surface area contributed by atoms with Crippen molar-refractivity contribution < 1.29 is 14.6 Å². The Morgan fingerprint density at radius 3 is 2.83 bits per heavy atom. The highest BCUT2D eigenvalue weighted by molar-refractivity contribution is 7.12. The van der Waals surface area contributed by atoms with Crippen LogP contribution in [0.2, 0.25) is 5.02 Å². The summed E-state index contributed by atoms with van der Waals surface area (Å²) in [5, 5.41) is 19.7. The number of benzene rings is 1. The van der Waals surface area contributed by atoms with Crippen molar-refractivity contribution >= 4 is 28.9 Å². The summed E-state index contributed by atoms with van der Waals surface area (Å²) in [5.41, 5.74) is 0.297. The van der Waals surface area contributed by atoms with E-state index in [1.807, 2.05) is 6.07 Å². The van der Waals surface area contributed by atoms with E-state index in [1.165, 1.54) is 12.1 Å². The van der Waals surface area contributed by atoms with Crippen molar-refractivity contribution in [2.24, 2.45) is 0 Å². The van der Waals surface area contributed by atoms with Gasteiger partial charge in [0.05, 0.1) is 5.56 Å². The van der Waals surface area contributed by atoms with Gasteiger partial charge in [0, 0.05) is 16.5 Å². The van der Waals surface area contributed by atoms with Gasteiger partial charge in [-0.3, -0.25) is 0 Å². The molecule has 0 radical (unpaired) electrons. The summed E-state index contributed by atoms with van der Waals surface area (Å²) >= 11 is 6.82. The molecule has 1 heterocycles. The van der Waals surface area contributed by atoms with Crippen molar-refractivity contribution in [1.29, 1.82) is 5.26 Å². The third kappa shape index (κ3) is 2.62. The molecule has 0 spiro atoms. The maximum absolute atomic E-state index is 10.7. The smallest absolute Gasteiger partial charge is 0.346 e. The lowest BCUT2D eigenvalue weighted by atomic mass is 10.2. The number of aromatic carboxylic acids is 1. The van der Waals surface area contributed by atoms with Gasteiger partial charge < -0.3 is 9.84 Å². The molecule has 0 bridgehead atoms. The minimum absolute atomic E-state index is 0.178. The van der Waals surface area contributed by atoms with Crippen molar-refractivity contribution in [1.82, 2.24) is 0 Å². The van der Waals surface area contributed by atoms with Gasteiger partial charge in [0.25, 0.3) is 0 Å². The van der Waals surface area contributed by atoms with Gasteiger partial charge in [-0.05, 0) is 18.2 Å². The van der Waals surface area contributed by atoms with Crippen LogP contribution in [-0.2, 0) is 0 Å². The van der Waals surface area contributed by atoms with Crippen LogP contribution in [0.15, 0.2) is 29.6 Å². The first kappa shape index (κ1) is 12.4. The zero-order valence-electron chi connectivity index (χ0n) is 8.88. The van der Waals surface area contributed by atoms with E-state index in [2.05, 4.69) is 0 Å². The third-order valence-corrected chi connectivity index (χ3v) is 3.21. The molecule has 0 saturated carbocycles. The fourth-order valence-electron chi connectivity index (χ4n) is 1.29. The molecule has 0 amide bonds. The highest BCUT2D eigenvalue weighted by Gasteiger charge is 2.10. The Morgan fingerprint density at radius 1 is 1.44 bits per heavy atom. The van der Waals surface area contributed by atoms with Gasteiger partial charge in [0.15, 0.2) is 0 Å². The molecule has 6 heteroatoms. The number of carbonyl (C=O) groups is 1. The molecule has 0 aliphatic rings. The van der Waals surface area contributed by atoms with Crippen LogP contribution < -0.4 is 4.74 Å². The van der Waals surface area contributed by atoms with Crippen molar-refractivity contribution in [3.8, 4) is 17.6 Å². The van der Waals surface area contributed by atoms with Crippen LogP contribution in [0.3, 0.4) is 0 Å². The Hall–Kier alpha value is -2.03. The second kappa shape index (κ2) is 5.08. The Bertz CT molecular complexity index is 645. The van der Waals surface area contributed by atoms with Crippen molar-refractivity contribution in [3.63, 3.8) is 0 Å². The molecule has 1 N–H and O–H groups in total. The number of carboxylic acid groups (broad SMARTS) is 1. The van der Waals surface area contributed by atoms with Crippen LogP contribution >= 0.6 is 22.9 Å². The standard InChI is InChI=1S/C12H6ClNO3S/c13-8-1-2-10(7(3-8)5-14)17-9-4-11(12(15)16)18-6-9/h1-4,6H,(H,15,16). The van der Waals surface area contributed by atoms with Crippen LogP contribution in [0, 0.1) is 11.3 Å². The number of hydrogen-bond donors (Lipinski definition) is 1. The second-order valence-corrected chi connectivity index (χ2v) is 4.65. The number of carboxylic acids is 1. The number of halogens is 1. The lowest BCUT2D eigenvalue weighted by Crippen LogP contribution is -1.91. The molecule has 0 aliphatic heterocycles. The van der Waals surface area contributed by atoms with Crippen LogP contribution in [0.25, 0.3) is 0 Å². The molecule has 1 aromatic heterocycles. The quantitative estimate of drug-likeness (QED) is 0.928. The van der Waals surface area contributed by atoms with E-state index in [-0.39, 0.29) is 4.88 Å². The van der Waals surface area contributed by atoms with E-state index < -0.39 is 5.97 Å². The monoisotopic (exact) mass is 279 g/mol. The van der Waals surface area contributed by atoms with E-state index in [4.69, 9.17) is 26.7 Å². The minimum atomic E-state index is -1.01. The molecule has 0 unspecified atom stereocenters. The van der Waals surface area contributed by atoms with E-state index in [0.717, 1.165) is 11.3 Å². The van der Waals surface area contributed by atoms with Gasteiger partial charge in [0.1, 0.15) is 22.4 Å². The summed E-state index contributed by atoms with van der Waals surface area (Å²) in [5.74, 6) is -0.278. The van der Waals surface area contributed by atoms with Gasteiger partial charge in [-0.15, -0.1) is 11.3 Å². The van der Waals surface area contributed by atoms with Crippen LogP contribution in [0.4, 0.5) is 0 Å². The predicted molar refractivity (Wildman–Crippen MR) is 67.5 cm³/mol. The van der Waals surface area contributed by atoms with Crippen molar-refractivity contribution in [3.05, 3.63) is 45.1 Å². The zero-order valence-corrected chi connectivity index (χ0v) is 10.5. The first-order valence-electron chi connectivity index (χ1n) is 4.79. The molecule has 0 fully saturated rings. The molecule has 18 heavy (non-hydrogen) atoms. The Labute approximate surface area is 112 Å². The number of nitrogens with zero attached hydrogens (tertiary/aromatic N) is 1. The SMILES string of the molecule is N#Cc1cc(Cl)ccc1Oc1csc(C(=O)O)c1. The van der Waals surface area contributed by atoms with Crippen molar-refractivity contribution in [2.75, 3.05) is 0 Å². The third-order valence-electron chi connectivity index (χ3n) is 2.08. The molecule has 0 atom stereocenters. The topological polar surface area (TPSA) is 70.3 Å². The molecular formula is C12H6ClNO3S. The van der Waals surface area contributed by atoms with E-state index in [0.29, 0.717) is 22.1 Å². The molecule has 0 saturated heterocycles. The first-order valence-corrected chi connectivity index (χ1v) is 6.05. The number of rotatable bonds is 3. The van der Waals surface area contributed by atoms with Gasteiger partial charge in [-0.1, -0.05) is 11.6 Å². The maximum Gasteiger partial charge on any atom is 0.346 e. The van der Waals surface area contributed by atoms with Gasteiger partial charge in [-0.25, -0.2) is 4.79 Å². The predicted octanol–water partition coefficient (Wildman–Crippen LogP) is 3.76. The number of hydrogen-bond acceptors (Lipinski definition) is 4. The highest BCUT2D eigenvalue weighted by Crippen LogP contribution is 2.30. The fraction of sp³-hybridized carbons (Fsp3) is 0. The average Bonchev–Trinajstić information content (AvgIpc) is 2.80. The summed E-state index contributed by atoms with van der Waals surface area (Å²) in [7, 11) is 0. The van der Waals surface area contributed by atoms with Crippen LogP contribution in [0.5, 0.6) is 11.5 Å². The summed E-state index contributed by atoms with van der Waals surface area (Å²) in [4.78, 5) is 10.9. The number of nitriles is 1. The van der Waals surface area contributed by atoms with Gasteiger partial charge >= 0.3 is 5.97 Å². The van der Waals surface area contributed by atoms with E-state index in [9.17, 15) is 4.79 Å². The zero-order chi connectivity index (χ0) is 13.1. The molecule has 4 nitrogen and oxygen atoms in total. The lowest BCUT2D eigenvalue weighted by Gasteiger charge is -2.05. The summed E-state index contributed by atoms with van der Waals surface area (Å²) in [6.45, 7) is 0. The van der Waals surface area contributed by atoms with Gasteiger partial charge in [-0.2, -0.15) is 5.26 Å². The van der Waals surface area contributed by atoms with E-state index in [1.54, 1.807) is 17.5 Å². The Kier molecular flexibility index (Phi) is 3.51. The Balaban J connectivity index is 2.28. The van der Waals surface area contributed by atoms with E-state index >= 15 is 0 Å². The molecule has 2 rings (SSSR count). The second-order valence-electron chi connectivity index (χ2n) is 3.31. The molecular weight excluding hydrogens is 274 g/mol. The van der Waals surface area contributed by atoms with Crippen molar-refractivity contribution in [2.45, 2.75) is 0 Å². The van der Waals surface area contributed by atoms with Crippen LogP contribution in [0.1, 0.15) is 15.2 Å². The minimum Gasteiger partial charge on any atom is -0.477 e. The Morgan fingerprint density at radius 2 is 2.22 bits per heavy atom. The van der Waals surface area contributed by atoms with Gasteiger partial charge in [0.2, 0.25) is 0 Å². The molecule has 90 valence electrons. The normalized spacial score (nSPS) is 9.78. The average molecular weight is 280 g/mol. The molecule has 2 aromatic rings.